The van der Waals surface area contributed by atoms with Crippen LogP contribution in [0.25, 0.3) is 0 Å². The zero-order valence-electron chi connectivity index (χ0n) is 8.93. The Morgan fingerprint density at radius 3 is 2.69 bits per heavy atom. The van der Waals surface area contributed by atoms with E-state index in [0.717, 1.165) is 18.9 Å². The van der Waals surface area contributed by atoms with Gasteiger partial charge in [-0.2, -0.15) is 0 Å². The molecule has 1 amide bonds. The van der Waals surface area contributed by atoms with Gasteiger partial charge in [-0.1, -0.05) is 20.3 Å². The number of ether oxygens (including phenoxy) is 1. The maximum atomic E-state index is 10.8. The maximum absolute atomic E-state index is 10.8. The molecule has 3 heteroatoms. The van der Waals surface area contributed by atoms with Gasteiger partial charge in [0, 0.05) is 6.54 Å². The molecule has 1 N–H and O–H groups in total. The molecule has 0 spiro atoms. The molecular weight excluding hydrogens is 166 g/mol. The highest BCUT2D eigenvalue weighted by atomic mass is 16.5. The van der Waals surface area contributed by atoms with Crippen molar-refractivity contribution in [2.24, 2.45) is 5.92 Å². The lowest BCUT2D eigenvalue weighted by Crippen LogP contribution is -2.25. The van der Waals surface area contributed by atoms with Crippen LogP contribution in [-0.2, 0) is 4.74 Å². The summed E-state index contributed by atoms with van der Waals surface area (Å²) in [6.45, 7) is 7.38. The Labute approximate surface area is 80.8 Å². The molecule has 78 valence electrons. The minimum absolute atomic E-state index is 0.299. The molecule has 0 aromatic rings. The molecule has 0 aromatic carbocycles. The fraction of sp³-hybridized carbons (Fsp3) is 0.900. The second kappa shape index (κ2) is 7.90. The van der Waals surface area contributed by atoms with Crippen molar-refractivity contribution in [1.82, 2.24) is 5.32 Å². The SMILES string of the molecule is CCOC(=O)NCCCC(C)CC. The van der Waals surface area contributed by atoms with E-state index in [9.17, 15) is 4.79 Å². The van der Waals surface area contributed by atoms with Crippen LogP contribution in [0.3, 0.4) is 0 Å². The van der Waals surface area contributed by atoms with Crippen molar-refractivity contribution in [2.75, 3.05) is 13.2 Å². The standard InChI is InChI=1S/C10H21NO2/c1-4-9(3)7-6-8-11-10(12)13-5-2/h9H,4-8H2,1-3H3,(H,11,12). The summed E-state index contributed by atoms with van der Waals surface area (Å²) in [4.78, 5) is 10.8. The van der Waals surface area contributed by atoms with Crippen LogP contribution in [0.5, 0.6) is 0 Å². The molecule has 0 heterocycles. The Balaban J connectivity index is 3.20. The van der Waals surface area contributed by atoms with Crippen molar-refractivity contribution in [2.45, 2.75) is 40.0 Å². The van der Waals surface area contributed by atoms with Gasteiger partial charge in [-0.25, -0.2) is 4.79 Å². The summed E-state index contributed by atoms with van der Waals surface area (Å²) in [7, 11) is 0. The van der Waals surface area contributed by atoms with Gasteiger partial charge in [-0.15, -0.1) is 0 Å². The van der Waals surface area contributed by atoms with Crippen LogP contribution in [0.4, 0.5) is 4.79 Å². The Hall–Kier alpha value is -0.730. The first kappa shape index (κ1) is 12.3. The maximum Gasteiger partial charge on any atom is 0.407 e. The van der Waals surface area contributed by atoms with Gasteiger partial charge in [0.25, 0.3) is 0 Å². The van der Waals surface area contributed by atoms with Crippen LogP contribution in [-0.4, -0.2) is 19.2 Å². The number of alkyl carbamates (subject to hydrolysis) is 1. The smallest absolute Gasteiger partial charge is 0.407 e. The third-order valence-corrected chi connectivity index (χ3v) is 2.12. The molecular formula is C10H21NO2. The van der Waals surface area contributed by atoms with Crippen LogP contribution in [0.1, 0.15) is 40.0 Å². The first-order valence-corrected chi connectivity index (χ1v) is 5.11. The number of carbonyl (C=O) groups is 1. The van der Waals surface area contributed by atoms with Crippen molar-refractivity contribution in [1.29, 1.82) is 0 Å². The van der Waals surface area contributed by atoms with E-state index < -0.39 is 0 Å². The first-order valence-electron chi connectivity index (χ1n) is 5.11. The van der Waals surface area contributed by atoms with Crippen molar-refractivity contribution in [3.8, 4) is 0 Å². The molecule has 13 heavy (non-hydrogen) atoms. The lowest BCUT2D eigenvalue weighted by atomic mass is 10.0. The minimum atomic E-state index is -0.299. The van der Waals surface area contributed by atoms with Crippen LogP contribution >= 0.6 is 0 Å². The van der Waals surface area contributed by atoms with E-state index in [1.807, 2.05) is 0 Å². The Kier molecular flexibility index (Phi) is 7.45. The highest BCUT2D eigenvalue weighted by Crippen LogP contribution is 2.07. The van der Waals surface area contributed by atoms with Gasteiger partial charge >= 0.3 is 6.09 Å². The van der Waals surface area contributed by atoms with Gasteiger partial charge in [0.05, 0.1) is 6.61 Å². The van der Waals surface area contributed by atoms with Gasteiger partial charge in [0.2, 0.25) is 0 Å². The van der Waals surface area contributed by atoms with Crippen LogP contribution in [0.2, 0.25) is 0 Å². The van der Waals surface area contributed by atoms with Crippen LogP contribution < -0.4 is 5.32 Å². The van der Waals surface area contributed by atoms with Crippen molar-refractivity contribution in [3.63, 3.8) is 0 Å². The molecule has 0 rings (SSSR count). The third kappa shape index (κ3) is 7.62. The van der Waals surface area contributed by atoms with Gasteiger partial charge in [-0.3, -0.25) is 0 Å². The summed E-state index contributed by atoms with van der Waals surface area (Å²) < 4.78 is 4.73. The second-order valence-electron chi connectivity index (χ2n) is 3.30. The second-order valence-corrected chi connectivity index (χ2v) is 3.30. The van der Waals surface area contributed by atoms with Crippen LogP contribution in [0.15, 0.2) is 0 Å². The Morgan fingerprint density at radius 1 is 1.46 bits per heavy atom. The van der Waals surface area contributed by atoms with E-state index in [0.29, 0.717) is 6.61 Å². The largest absolute Gasteiger partial charge is 0.450 e. The summed E-state index contributed by atoms with van der Waals surface area (Å²) in [5, 5.41) is 2.70. The number of amides is 1. The predicted octanol–water partition coefficient (Wildman–Crippen LogP) is 2.56. The quantitative estimate of drug-likeness (QED) is 0.649. The molecule has 0 saturated carbocycles. The van der Waals surface area contributed by atoms with Gasteiger partial charge in [-0.05, 0) is 25.7 Å². The Morgan fingerprint density at radius 2 is 2.15 bits per heavy atom. The fourth-order valence-electron chi connectivity index (χ4n) is 1.03. The zero-order chi connectivity index (χ0) is 10.1. The van der Waals surface area contributed by atoms with Crippen molar-refractivity contribution in [3.05, 3.63) is 0 Å². The van der Waals surface area contributed by atoms with E-state index in [-0.39, 0.29) is 6.09 Å². The third-order valence-electron chi connectivity index (χ3n) is 2.12. The summed E-state index contributed by atoms with van der Waals surface area (Å²) in [6, 6.07) is 0. The number of hydrogen-bond donors (Lipinski definition) is 1. The van der Waals surface area contributed by atoms with E-state index in [1.165, 1.54) is 12.8 Å². The van der Waals surface area contributed by atoms with Gasteiger partial charge in [0.1, 0.15) is 0 Å². The summed E-state index contributed by atoms with van der Waals surface area (Å²) in [5.41, 5.74) is 0. The number of carbonyl (C=O) groups excluding carboxylic acids is 1. The summed E-state index contributed by atoms with van der Waals surface area (Å²) in [6.07, 6.45) is 3.11. The number of rotatable bonds is 6. The van der Waals surface area contributed by atoms with E-state index in [4.69, 9.17) is 4.74 Å². The summed E-state index contributed by atoms with van der Waals surface area (Å²) >= 11 is 0. The molecule has 1 unspecified atom stereocenters. The molecule has 0 aliphatic rings. The molecule has 0 bridgehead atoms. The lowest BCUT2D eigenvalue weighted by molar-refractivity contribution is 0.152. The first-order chi connectivity index (χ1) is 6.20. The minimum Gasteiger partial charge on any atom is -0.450 e. The van der Waals surface area contributed by atoms with E-state index in [1.54, 1.807) is 6.92 Å². The molecule has 0 saturated heterocycles. The Bertz CT molecular complexity index is 137. The highest BCUT2D eigenvalue weighted by molar-refractivity contribution is 5.66. The summed E-state index contributed by atoms with van der Waals surface area (Å²) in [5.74, 6) is 0.754. The predicted molar refractivity (Wildman–Crippen MR) is 53.7 cm³/mol. The normalized spacial score (nSPS) is 12.2. The highest BCUT2D eigenvalue weighted by Gasteiger charge is 2.00. The lowest BCUT2D eigenvalue weighted by Gasteiger charge is -2.08. The van der Waals surface area contributed by atoms with E-state index in [2.05, 4.69) is 19.2 Å². The van der Waals surface area contributed by atoms with Crippen molar-refractivity contribution < 1.29 is 9.53 Å². The van der Waals surface area contributed by atoms with Crippen LogP contribution in [0, 0.1) is 5.92 Å². The average molecular weight is 187 g/mol. The number of hydrogen-bond acceptors (Lipinski definition) is 2. The molecule has 3 nitrogen and oxygen atoms in total. The molecule has 0 aromatic heterocycles. The monoisotopic (exact) mass is 187 g/mol. The topological polar surface area (TPSA) is 38.3 Å². The molecule has 0 radical (unpaired) electrons. The number of nitrogens with one attached hydrogen (secondary N) is 1. The van der Waals surface area contributed by atoms with E-state index >= 15 is 0 Å². The average Bonchev–Trinajstić information content (AvgIpc) is 2.12. The molecule has 0 fully saturated rings. The van der Waals surface area contributed by atoms with Crippen molar-refractivity contribution >= 4 is 6.09 Å². The molecule has 0 aliphatic heterocycles. The molecule has 1 atom stereocenters. The zero-order valence-corrected chi connectivity index (χ0v) is 8.93. The molecule has 0 aliphatic carbocycles. The van der Waals surface area contributed by atoms with Gasteiger partial charge < -0.3 is 10.1 Å². The fourth-order valence-corrected chi connectivity index (χ4v) is 1.03. The van der Waals surface area contributed by atoms with Gasteiger partial charge in [0.15, 0.2) is 0 Å².